The summed E-state index contributed by atoms with van der Waals surface area (Å²) in [5, 5.41) is 20.7. The van der Waals surface area contributed by atoms with Gasteiger partial charge in [0.15, 0.2) is 0 Å². The number of nitriles is 1. The first-order chi connectivity index (χ1) is 7.07. The summed E-state index contributed by atoms with van der Waals surface area (Å²) in [5.74, 6) is 0.230. The second kappa shape index (κ2) is 4.63. The quantitative estimate of drug-likeness (QED) is 0.721. The van der Waals surface area contributed by atoms with E-state index in [4.69, 9.17) is 10.4 Å². The highest BCUT2D eigenvalue weighted by atomic mass is 16.3. The van der Waals surface area contributed by atoms with Gasteiger partial charge in [-0.05, 0) is 25.2 Å². The molecule has 0 aromatic heterocycles. The van der Waals surface area contributed by atoms with Crippen molar-refractivity contribution in [1.29, 1.82) is 5.26 Å². The van der Waals surface area contributed by atoms with Gasteiger partial charge < -0.3 is 10.4 Å². The molecule has 0 aromatic carbocycles. The predicted molar refractivity (Wildman–Crippen MR) is 55.8 cm³/mol. The van der Waals surface area contributed by atoms with Gasteiger partial charge in [-0.25, -0.2) is 0 Å². The number of carbonyl (C=O) groups is 1. The normalized spacial score (nSPS) is 31.2. The zero-order valence-electron chi connectivity index (χ0n) is 9.29. The highest BCUT2D eigenvalue weighted by Crippen LogP contribution is 2.45. The predicted octanol–water partition coefficient (Wildman–Crippen LogP) is 0.813. The van der Waals surface area contributed by atoms with E-state index >= 15 is 0 Å². The maximum absolute atomic E-state index is 11.8. The molecule has 1 aliphatic rings. The van der Waals surface area contributed by atoms with Gasteiger partial charge in [0.1, 0.15) is 5.41 Å². The number of nitrogens with zero attached hydrogens (tertiary/aromatic N) is 1. The molecular weight excluding hydrogens is 192 g/mol. The molecule has 1 amide bonds. The van der Waals surface area contributed by atoms with E-state index in [2.05, 4.69) is 11.4 Å². The van der Waals surface area contributed by atoms with E-state index in [9.17, 15) is 4.79 Å². The largest absolute Gasteiger partial charge is 0.394 e. The summed E-state index contributed by atoms with van der Waals surface area (Å²) in [7, 11) is 0. The minimum absolute atomic E-state index is 0.0701. The van der Waals surface area contributed by atoms with Crippen molar-refractivity contribution in [2.75, 3.05) is 6.61 Å². The van der Waals surface area contributed by atoms with Gasteiger partial charge in [0.05, 0.1) is 18.7 Å². The average Bonchev–Trinajstić information content (AvgIpc) is 2.20. The summed E-state index contributed by atoms with van der Waals surface area (Å²) in [6.07, 6.45) is 1.95. The standard InChI is InChI=1S/C11H18N2O2/c1-3-9(6-14)13-10(15)11(7-12)4-8(2)5-11/h8-9,14H,3-6H2,1-2H3,(H,13,15)/t8?,9-,11?/m1/s1. The maximum atomic E-state index is 11.8. The highest BCUT2D eigenvalue weighted by Gasteiger charge is 2.49. The van der Waals surface area contributed by atoms with Gasteiger partial charge in [0, 0.05) is 0 Å². The van der Waals surface area contributed by atoms with Gasteiger partial charge in [-0.2, -0.15) is 5.26 Å². The summed E-state index contributed by atoms with van der Waals surface area (Å²) in [5.41, 5.74) is -0.831. The van der Waals surface area contributed by atoms with Crippen LogP contribution in [0.3, 0.4) is 0 Å². The maximum Gasteiger partial charge on any atom is 0.240 e. The van der Waals surface area contributed by atoms with Crippen molar-refractivity contribution in [2.24, 2.45) is 11.3 Å². The van der Waals surface area contributed by atoms with Crippen LogP contribution < -0.4 is 5.32 Å². The molecule has 0 heterocycles. The number of rotatable bonds is 4. The number of hydrogen-bond acceptors (Lipinski definition) is 3. The molecule has 4 heteroatoms. The third-order valence-electron chi connectivity index (χ3n) is 3.09. The van der Waals surface area contributed by atoms with Crippen LogP contribution in [0.5, 0.6) is 0 Å². The van der Waals surface area contributed by atoms with E-state index in [0.717, 1.165) is 0 Å². The molecule has 1 saturated carbocycles. The zero-order chi connectivity index (χ0) is 11.5. The molecule has 1 aliphatic carbocycles. The van der Waals surface area contributed by atoms with Crippen molar-refractivity contribution >= 4 is 5.91 Å². The molecule has 0 radical (unpaired) electrons. The summed E-state index contributed by atoms with van der Waals surface area (Å²) in [4.78, 5) is 11.8. The number of amides is 1. The van der Waals surface area contributed by atoms with Crippen molar-refractivity contribution in [3.05, 3.63) is 0 Å². The number of hydrogen-bond donors (Lipinski definition) is 2. The summed E-state index contributed by atoms with van der Waals surface area (Å²) >= 11 is 0. The lowest BCUT2D eigenvalue weighted by Gasteiger charge is -2.39. The Kier molecular flexibility index (Phi) is 3.70. The molecule has 0 unspecified atom stereocenters. The number of carbonyl (C=O) groups excluding carboxylic acids is 1. The molecule has 0 aromatic rings. The van der Waals surface area contributed by atoms with Crippen LogP contribution in [0.1, 0.15) is 33.1 Å². The van der Waals surface area contributed by atoms with Crippen LogP contribution in [-0.4, -0.2) is 23.7 Å². The van der Waals surface area contributed by atoms with Crippen molar-refractivity contribution in [3.8, 4) is 6.07 Å². The fourth-order valence-corrected chi connectivity index (χ4v) is 2.06. The van der Waals surface area contributed by atoms with E-state index < -0.39 is 5.41 Å². The van der Waals surface area contributed by atoms with E-state index in [0.29, 0.717) is 25.2 Å². The highest BCUT2D eigenvalue weighted by molar-refractivity contribution is 5.86. The number of aliphatic hydroxyl groups excluding tert-OH is 1. The first kappa shape index (κ1) is 12.0. The van der Waals surface area contributed by atoms with Crippen LogP contribution in [0.25, 0.3) is 0 Å². The van der Waals surface area contributed by atoms with Gasteiger partial charge in [0.2, 0.25) is 5.91 Å². The summed E-state index contributed by atoms with van der Waals surface area (Å²) in [6.45, 7) is 3.86. The SMILES string of the molecule is CC[C@H](CO)NC(=O)C1(C#N)CC(C)C1. The first-order valence-electron chi connectivity index (χ1n) is 5.41. The smallest absolute Gasteiger partial charge is 0.240 e. The lowest BCUT2D eigenvalue weighted by atomic mass is 9.63. The number of nitrogens with one attached hydrogen (secondary N) is 1. The molecule has 1 fully saturated rings. The minimum atomic E-state index is -0.831. The van der Waals surface area contributed by atoms with Crippen molar-refractivity contribution in [3.63, 3.8) is 0 Å². The Morgan fingerprint density at radius 2 is 2.33 bits per heavy atom. The molecule has 84 valence electrons. The monoisotopic (exact) mass is 210 g/mol. The van der Waals surface area contributed by atoms with E-state index in [1.807, 2.05) is 13.8 Å². The van der Waals surface area contributed by atoms with Gasteiger partial charge in [-0.15, -0.1) is 0 Å². The van der Waals surface area contributed by atoms with Gasteiger partial charge in [-0.1, -0.05) is 13.8 Å². The van der Waals surface area contributed by atoms with Crippen molar-refractivity contribution < 1.29 is 9.90 Å². The molecule has 0 spiro atoms. The Morgan fingerprint density at radius 3 is 2.67 bits per heavy atom. The Morgan fingerprint density at radius 1 is 1.73 bits per heavy atom. The van der Waals surface area contributed by atoms with Crippen LogP contribution in [0.2, 0.25) is 0 Å². The minimum Gasteiger partial charge on any atom is -0.394 e. The summed E-state index contributed by atoms with van der Waals surface area (Å²) < 4.78 is 0. The molecule has 0 bridgehead atoms. The first-order valence-corrected chi connectivity index (χ1v) is 5.41. The molecule has 1 rings (SSSR count). The Labute approximate surface area is 90.3 Å². The van der Waals surface area contributed by atoms with Crippen molar-refractivity contribution in [2.45, 2.75) is 39.2 Å². The van der Waals surface area contributed by atoms with Crippen LogP contribution >= 0.6 is 0 Å². The zero-order valence-corrected chi connectivity index (χ0v) is 9.29. The Bertz CT molecular complexity index is 273. The van der Waals surface area contributed by atoms with Gasteiger partial charge in [-0.3, -0.25) is 4.79 Å². The van der Waals surface area contributed by atoms with Crippen LogP contribution in [0.4, 0.5) is 0 Å². The van der Waals surface area contributed by atoms with Crippen LogP contribution in [0, 0.1) is 22.7 Å². The van der Waals surface area contributed by atoms with Crippen molar-refractivity contribution in [1.82, 2.24) is 5.32 Å². The molecular formula is C11H18N2O2. The fraction of sp³-hybridized carbons (Fsp3) is 0.818. The molecule has 0 saturated heterocycles. The second-order valence-corrected chi connectivity index (χ2v) is 4.47. The lowest BCUT2D eigenvalue weighted by Crippen LogP contribution is -2.51. The van der Waals surface area contributed by atoms with Gasteiger partial charge >= 0.3 is 0 Å². The van der Waals surface area contributed by atoms with Crippen LogP contribution in [-0.2, 0) is 4.79 Å². The molecule has 15 heavy (non-hydrogen) atoms. The summed E-state index contributed by atoms with van der Waals surface area (Å²) in [6, 6.07) is 1.88. The van der Waals surface area contributed by atoms with E-state index in [1.54, 1.807) is 0 Å². The topological polar surface area (TPSA) is 73.1 Å². The fourth-order valence-electron chi connectivity index (χ4n) is 2.06. The third-order valence-corrected chi connectivity index (χ3v) is 3.09. The van der Waals surface area contributed by atoms with Crippen LogP contribution in [0.15, 0.2) is 0 Å². The number of aliphatic hydroxyl groups is 1. The molecule has 2 N–H and O–H groups in total. The van der Waals surface area contributed by atoms with E-state index in [1.165, 1.54) is 0 Å². The van der Waals surface area contributed by atoms with E-state index in [-0.39, 0.29) is 18.6 Å². The Hall–Kier alpha value is -1.08. The molecule has 1 atom stereocenters. The third kappa shape index (κ3) is 2.29. The average molecular weight is 210 g/mol. The molecule has 0 aliphatic heterocycles. The lowest BCUT2D eigenvalue weighted by molar-refractivity contribution is -0.135. The Balaban J connectivity index is 2.57. The van der Waals surface area contributed by atoms with Gasteiger partial charge in [0.25, 0.3) is 0 Å². The molecule has 4 nitrogen and oxygen atoms in total. The second-order valence-electron chi connectivity index (χ2n) is 4.47.